The van der Waals surface area contributed by atoms with Crippen molar-refractivity contribution in [1.82, 2.24) is 5.32 Å². The predicted molar refractivity (Wildman–Crippen MR) is 102 cm³/mol. The molecule has 3 aromatic rings. The molecule has 140 valence electrons. The van der Waals surface area contributed by atoms with Gasteiger partial charge in [0, 0.05) is 16.6 Å². The molecule has 0 fully saturated rings. The summed E-state index contributed by atoms with van der Waals surface area (Å²) in [7, 11) is 0. The van der Waals surface area contributed by atoms with Crippen molar-refractivity contribution in [2.45, 2.75) is 33.2 Å². The molecule has 0 aliphatic heterocycles. The molecule has 1 atom stereocenters. The van der Waals surface area contributed by atoms with Crippen LogP contribution in [0.5, 0.6) is 0 Å². The highest BCUT2D eigenvalue weighted by molar-refractivity contribution is 6.39. The van der Waals surface area contributed by atoms with Gasteiger partial charge in [0.15, 0.2) is 0 Å². The maximum absolute atomic E-state index is 13.4. The zero-order chi connectivity index (χ0) is 19.6. The van der Waals surface area contributed by atoms with Crippen LogP contribution < -0.4 is 10.6 Å². The van der Waals surface area contributed by atoms with Crippen molar-refractivity contribution in [3.05, 3.63) is 65.2 Å². The first-order chi connectivity index (χ1) is 12.9. The van der Waals surface area contributed by atoms with E-state index in [0.717, 1.165) is 17.5 Å². The number of fused-ring (bicyclic) bond motifs is 1. The van der Waals surface area contributed by atoms with E-state index in [1.165, 1.54) is 12.1 Å². The SMILES string of the molecule is CCc1cccc(NC(=O)C(=O)NC(C)c2oc3ccc(F)cc3c2C)c1. The smallest absolute Gasteiger partial charge is 0.313 e. The number of hydrogen-bond donors (Lipinski definition) is 2. The Hall–Kier alpha value is -3.15. The average Bonchev–Trinajstić information content (AvgIpc) is 2.98. The quantitative estimate of drug-likeness (QED) is 0.676. The van der Waals surface area contributed by atoms with E-state index >= 15 is 0 Å². The number of benzene rings is 2. The highest BCUT2D eigenvalue weighted by Gasteiger charge is 2.22. The number of rotatable bonds is 4. The molecule has 2 N–H and O–H groups in total. The van der Waals surface area contributed by atoms with Crippen molar-refractivity contribution in [2.75, 3.05) is 5.32 Å². The van der Waals surface area contributed by atoms with E-state index in [4.69, 9.17) is 4.42 Å². The predicted octanol–water partition coefficient (Wildman–Crippen LogP) is 4.26. The van der Waals surface area contributed by atoms with Crippen LogP contribution in [0.1, 0.15) is 36.8 Å². The molecule has 0 radical (unpaired) electrons. The monoisotopic (exact) mass is 368 g/mol. The maximum atomic E-state index is 13.4. The number of carbonyl (C=O) groups excluding carboxylic acids is 2. The molecule has 2 aromatic carbocycles. The van der Waals surface area contributed by atoms with Crippen molar-refractivity contribution >= 4 is 28.5 Å². The Morgan fingerprint density at radius 3 is 2.67 bits per heavy atom. The van der Waals surface area contributed by atoms with Crippen LogP contribution in [0.15, 0.2) is 46.9 Å². The lowest BCUT2D eigenvalue weighted by molar-refractivity contribution is -0.136. The van der Waals surface area contributed by atoms with Gasteiger partial charge >= 0.3 is 11.8 Å². The van der Waals surface area contributed by atoms with E-state index < -0.39 is 17.9 Å². The van der Waals surface area contributed by atoms with Crippen molar-refractivity contribution in [3.8, 4) is 0 Å². The molecule has 0 aliphatic rings. The third-order valence-electron chi connectivity index (χ3n) is 4.48. The van der Waals surface area contributed by atoms with Crippen LogP contribution in [0.2, 0.25) is 0 Å². The highest BCUT2D eigenvalue weighted by Crippen LogP contribution is 2.29. The molecule has 0 saturated heterocycles. The fourth-order valence-electron chi connectivity index (χ4n) is 3.01. The van der Waals surface area contributed by atoms with Gasteiger partial charge in [-0.1, -0.05) is 19.1 Å². The third kappa shape index (κ3) is 4.00. The zero-order valence-electron chi connectivity index (χ0n) is 15.4. The number of hydrogen-bond acceptors (Lipinski definition) is 3. The van der Waals surface area contributed by atoms with E-state index in [-0.39, 0.29) is 5.82 Å². The molecule has 1 heterocycles. The van der Waals surface area contributed by atoms with Crippen LogP contribution in [0.3, 0.4) is 0 Å². The maximum Gasteiger partial charge on any atom is 0.313 e. The number of anilines is 1. The van der Waals surface area contributed by atoms with Crippen molar-refractivity contribution in [2.24, 2.45) is 0 Å². The first kappa shape index (κ1) is 18.6. The first-order valence-corrected chi connectivity index (χ1v) is 8.78. The van der Waals surface area contributed by atoms with Gasteiger partial charge in [-0.3, -0.25) is 9.59 Å². The summed E-state index contributed by atoms with van der Waals surface area (Å²) in [6, 6.07) is 11.0. The summed E-state index contributed by atoms with van der Waals surface area (Å²) in [4.78, 5) is 24.4. The van der Waals surface area contributed by atoms with Gasteiger partial charge in [0.2, 0.25) is 0 Å². The molecular formula is C21H21FN2O3. The largest absolute Gasteiger partial charge is 0.459 e. The number of nitrogens with one attached hydrogen (secondary N) is 2. The van der Waals surface area contributed by atoms with Gasteiger partial charge < -0.3 is 15.1 Å². The van der Waals surface area contributed by atoms with Crippen LogP contribution >= 0.6 is 0 Å². The second kappa shape index (κ2) is 7.61. The summed E-state index contributed by atoms with van der Waals surface area (Å²) >= 11 is 0. The lowest BCUT2D eigenvalue weighted by Crippen LogP contribution is -2.37. The second-order valence-corrected chi connectivity index (χ2v) is 6.43. The first-order valence-electron chi connectivity index (χ1n) is 8.78. The molecule has 1 aromatic heterocycles. The summed E-state index contributed by atoms with van der Waals surface area (Å²) in [6.45, 7) is 5.51. The van der Waals surface area contributed by atoms with Crippen LogP contribution in [-0.4, -0.2) is 11.8 Å². The minimum absolute atomic E-state index is 0.358. The van der Waals surface area contributed by atoms with Gasteiger partial charge in [0.25, 0.3) is 0 Å². The molecule has 2 amide bonds. The van der Waals surface area contributed by atoms with E-state index in [9.17, 15) is 14.0 Å². The molecule has 1 unspecified atom stereocenters. The zero-order valence-corrected chi connectivity index (χ0v) is 15.4. The summed E-state index contributed by atoms with van der Waals surface area (Å²) in [5.74, 6) is -1.39. The molecule has 0 spiro atoms. The van der Waals surface area contributed by atoms with E-state index in [0.29, 0.717) is 22.4 Å². The number of carbonyl (C=O) groups is 2. The van der Waals surface area contributed by atoms with Crippen molar-refractivity contribution in [3.63, 3.8) is 0 Å². The van der Waals surface area contributed by atoms with Gasteiger partial charge in [0.05, 0.1) is 6.04 Å². The minimum Gasteiger partial charge on any atom is -0.459 e. The molecule has 3 rings (SSSR count). The lowest BCUT2D eigenvalue weighted by atomic mass is 10.1. The third-order valence-corrected chi connectivity index (χ3v) is 4.48. The fourth-order valence-corrected chi connectivity index (χ4v) is 3.01. The van der Waals surface area contributed by atoms with Crippen LogP contribution in [0.25, 0.3) is 11.0 Å². The lowest BCUT2D eigenvalue weighted by Gasteiger charge is -2.13. The highest BCUT2D eigenvalue weighted by atomic mass is 19.1. The molecular weight excluding hydrogens is 347 g/mol. The number of furan rings is 1. The topological polar surface area (TPSA) is 71.3 Å². The molecule has 0 bridgehead atoms. The molecule has 0 saturated carbocycles. The van der Waals surface area contributed by atoms with Crippen LogP contribution in [0, 0.1) is 12.7 Å². The number of aryl methyl sites for hydroxylation is 2. The number of halogens is 1. The van der Waals surface area contributed by atoms with Crippen molar-refractivity contribution < 1.29 is 18.4 Å². The van der Waals surface area contributed by atoms with E-state index in [1.807, 2.05) is 25.1 Å². The molecule has 27 heavy (non-hydrogen) atoms. The van der Waals surface area contributed by atoms with Crippen LogP contribution in [0.4, 0.5) is 10.1 Å². The Bertz CT molecular complexity index is 1010. The molecule has 0 aliphatic carbocycles. The number of amides is 2. The van der Waals surface area contributed by atoms with Gasteiger partial charge in [-0.2, -0.15) is 0 Å². The molecule has 5 nitrogen and oxygen atoms in total. The summed E-state index contributed by atoms with van der Waals surface area (Å²) in [5, 5.41) is 5.86. The normalized spacial score (nSPS) is 12.0. The summed E-state index contributed by atoms with van der Waals surface area (Å²) in [5.41, 5.74) is 2.89. The Morgan fingerprint density at radius 1 is 1.15 bits per heavy atom. The Kier molecular flexibility index (Phi) is 5.26. The summed E-state index contributed by atoms with van der Waals surface area (Å²) < 4.78 is 19.2. The van der Waals surface area contributed by atoms with Crippen LogP contribution in [-0.2, 0) is 16.0 Å². The van der Waals surface area contributed by atoms with Gasteiger partial charge in [-0.05, 0) is 56.2 Å². The van der Waals surface area contributed by atoms with Gasteiger partial charge in [-0.15, -0.1) is 0 Å². The minimum atomic E-state index is -0.768. The average molecular weight is 368 g/mol. The van der Waals surface area contributed by atoms with E-state index in [2.05, 4.69) is 10.6 Å². The standard InChI is InChI=1S/C21H21FN2O3/c1-4-14-6-5-7-16(10-14)24-21(26)20(25)23-13(3)19-12(2)17-11-15(22)8-9-18(17)27-19/h5-11,13H,4H2,1-3H3,(H,23,25)(H,24,26). The Labute approximate surface area is 156 Å². The van der Waals surface area contributed by atoms with Crippen molar-refractivity contribution in [1.29, 1.82) is 0 Å². The Balaban J connectivity index is 1.71. The van der Waals surface area contributed by atoms with Gasteiger partial charge in [0.1, 0.15) is 17.2 Å². The second-order valence-electron chi connectivity index (χ2n) is 6.43. The Morgan fingerprint density at radius 2 is 1.93 bits per heavy atom. The van der Waals surface area contributed by atoms with E-state index in [1.54, 1.807) is 26.0 Å². The fraction of sp³-hybridized carbons (Fsp3) is 0.238. The summed E-state index contributed by atoms with van der Waals surface area (Å²) in [6.07, 6.45) is 0.832. The molecule has 6 heteroatoms. The van der Waals surface area contributed by atoms with Gasteiger partial charge in [-0.25, -0.2) is 4.39 Å².